The van der Waals surface area contributed by atoms with Gasteiger partial charge < -0.3 is 10.6 Å². The highest BCUT2D eigenvalue weighted by molar-refractivity contribution is 6.03. The number of anilines is 3. The zero-order valence-corrected chi connectivity index (χ0v) is 13.7. The van der Waals surface area contributed by atoms with Gasteiger partial charge in [0, 0.05) is 11.9 Å². The van der Waals surface area contributed by atoms with Crippen LogP contribution in [0, 0.1) is 5.82 Å². The van der Waals surface area contributed by atoms with Crippen LogP contribution in [0.25, 0.3) is 0 Å². The molecule has 6 heteroatoms. The van der Waals surface area contributed by atoms with E-state index in [1.165, 1.54) is 30.0 Å². The molecule has 5 nitrogen and oxygen atoms in total. The summed E-state index contributed by atoms with van der Waals surface area (Å²) in [5.74, 6) is -0.707. The minimum atomic E-state index is -0.503. The lowest BCUT2D eigenvalue weighted by Gasteiger charge is -2.08. The van der Waals surface area contributed by atoms with Crippen LogP contribution in [0.4, 0.5) is 21.7 Å². The van der Waals surface area contributed by atoms with E-state index < -0.39 is 11.7 Å². The number of nitrogens with one attached hydrogen (secondary N) is 2. The molecule has 1 amide bonds. The van der Waals surface area contributed by atoms with E-state index in [0.29, 0.717) is 5.95 Å². The van der Waals surface area contributed by atoms with E-state index in [1.54, 1.807) is 12.1 Å². The van der Waals surface area contributed by atoms with Crippen molar-refractivity contribution in [2.45, 2.75) is 13.3 Å². The van der Waals surface area contributed by atoms with Gasteiger partial charge in [-0.2, -0.15) is 0 Å². The van der Waals surface area contributed by atoms with Crippen molar-refractivity contribution in [3.05, 3.63) is 77.9 Å². The summed E-state index contributed by atoms with van der Waals surface area (Å²) in [5, 5.41) is 5.55. The second-order valence-electron chi connectivity index (χ2n) is 5.37. The average Bonchev–Trinajstić information content (AvgIpc) is 2.64. The van der Waals surface area contributed by atoms with Crippen LogP contribution in [0.3, 0.4) is 0 Å². The first-order valence-corrected chi connectivity index (χ1v) is 7.90. The number of carbonyl (C=O) groups is 1. The van der Waals surface area contributed by atoms with Crippen LogP contribution >= 0.6 is 0 Å². The standard InChI is InChI=1S/C19H17FN4O/c1-2-13-7-9-14(10-8-13)22-19-21-12-11-17(24-19)18(25)23-16-6-4-3-5-15(16)20/h3-12H,2H2,1H3,(H,23,25)(H,21,22,24). The zero-order valence-electron chi connectivity index (χ0n) is 13.7. The Labute approximate surface area is 145 Å². The average molecular weight is 336 g/mol. The maximum atomic E-state index is 13.6. The molecule has 3 aromatic rings. The number of rotatable bonds is 5. The molecule has 0 saturated heterocycles. The van der Waals surface area contributed by atoms with Gasteiger partial charge in [-0.1, -0.05) is 31.2 Å². The van der Waals surface area contributed by atoms with Gasteiger partial charge in [0.25, 0.3) is 5.91 Å². The minimum absolute atomic E-state index is 0.107. The van der Waals surface area contributed by atoms with E-state index in [9.17, 15) is 9.18 Å². The van der Waals surface area contributed by atoms with Crippen molar-refractivity contribution in [1.29, 1.82) is 0 Å². The summed E-state index contributed by atoms with van der Waals surface area (Å²) < 4.78 is 13.6. The number of halogens is 1. The molecule has 0 bridgehead atoms. The van der Waals surface area contributed by atoms with E-state index >= 15 is 0 Å². The fourth-order valence-electron chi connectivity index (χ4n) is 2.25. The molecule has 126 valence electrons. The van der Waals surface area contributed by atoms with Gasteiger partial charge in [0.15, 0.2) is 0 Å². The molecular weight excluding hydrogens is 319 g/mol. The molecule has 2 N–H and O–H groups in total. The Morgan fingerprint density at radius 3 is 2.56 bits per heavy atom. The predicted molar refractivity (Wildman–Crippen MR) is 95.5 cm³/mol. The third kappa shape index (κ3) is 4.17. The third-order valence-corrected chi connectivity index (χ3v) is 3.63. The molecule has 0 aliphatic carbocycles. The first-order valence-electron chi connectivity index (χ1n) is 7.90. The Morgan fingerprint density at radius 1 is 1.08 bits per heavy atom. The number of amides is 1. The topological polar surface area (TPSA) is 66.9 Å². The highest BCUT2D eigenvalue weighted by Gasteiger charge is 2.11. The van der Waals surface area contributed by atoms with Crippen LogP contribution in [-0.4, -0.2) is 15.9 Å². The van der Waals surface area contributed by atoms with Crippen molar-refractivity contribution >= 4 is 23.2 Å². The second kappa shape index (κ2) is 7.53. The normalized spacial score (nSPS) is 10.3. The van der Waals surface area contributed by atoms with Crippen molar-refractivity contribution in [3.8, 4) is 0 Å². The molecule has 0 fully saturated rings. The van der Waals surface area contributed by atoms with Gasteiger partial charge in [-0.25, -0.2) is 14.4 Å². The van der Waals surface area contributed by atoms with E-state index in [4.69, 9.17) is 0 Å². The molecule has 0 aliphatic rings. The summed E-state index contributed by atoms with van der Waals surface area (Å²) in [4.78, 5) is 20.5. The number of benzene rings is 2. The highest BCUT2D eigenvalue weighted by Crippen LogP contribution is 2.16. The SMILES string of the molecule is CCc1ccc(Nc2nccc(C(=O)Nc3ccccc3F)n2)cc1. The van der Waals surface area contributed by atoms with Crippen LogP contribution in [0.1, 0.15) is 23.0 Å². The summed E-state index contributed by atoms with van der Waals surface area (Å²) >= 11 is 0. The molecule has 0 unspecified atom stereocenters. The zero-order chi connectivity index (χ0) is 17.6. The molecule has 3 rings (SSSR count). The van der Waals surface area contributed by atoms with Gasteiger partial charge >= 0.3 is 0 Å². The third-order valence-electron chi connectivity index (χ3n) is 3.63. The Kier molecular flexibility index (Phi) is 4.99. The fourth-order valence-corrected chi connectivity index (χ4v) is 2.25. The minimum Gasteiger partial charge on any atom is -0.324 e. The number of hydrogen-bond donors (Lipinski definition) is 2. The van der Waals surface area contributed by atoms with Crippen LogP contribution < -0.4 is 10.6 Å². The molecule has 1 aromatic heterocycles. The Morgan fingerprint density at radius 2 is 1.84 bits per heavy atom. The van der Waals surface area contributed by atoms with Gasteiger partial charge in [-0.3, -0.25) is 4.79 Å². The molecule has 1 heterocycles. The number of carbonyl (C=O) groups excluding carboxylic acids is 1. The Hall–Kier alpha value is -3.28. The summed E-state index contributed by atoms with van der Waals surface area (Å²) in [7, 11) is 0. The number of aromatic nitrogens is 2. The summed E-state index contributed by atoms with van der Waals surface area (Å²) in [6, 6.07) is 15.3. The van der Waals surface area contributed by atoms with Gasteiger partial charge in [-0.15, -0.1) is 0 Å². The first-order chi connectivity index (χ1) is 12.2. The van der Waals surface area contributed by atoms with Crippen LogP contribution in [-0.2, 0) is 6.42 Å². The molecule has 2 aromatic carbocycles. The van der Waals surface area contributed by atoms with Crippen molar-refractivity contribution in [3.63, 3.8) is 0 Å². The molecule has 0 radical (unpaired) electrons. The molecule has 0 spiro atoms. The molecule has 0 aliphatic heterocycles. The monoisotopic (exact) mass is 336 g/mol. The lowest BCUT2D eigenvalue weighted by atomic mass is 10.1. The second-order valence-corrected chi connectivity index (χ2v) is 5.37. The van der Waals surface area contributed by atoms with E-state index in [1.807, 2.05) is 24.3 Å². The molecule has 0 atom stereocenters. The van der Waals surface area contributed by atoms with Gasteiger partial charge in [0.05, 0.1) is 5.69 Å². The van der Waals surface area contributed by atoms with Crippen LogP contribution in [0.5, 0.6) is 0 Å². The Bertz CT molecular complexity index is 881. The number of hydrogen-bond acceptors (Lipinski definition) is 4. The smallest absolute Gasteiger partial charge is 0.274 e. The predicted octanol–water partition coefficient (Wildman–Crippen LogP) is 4.17. The quantitative estimate of drug-likeness (QED) is 0.734. The van der Waals surface area contributed by atoms with Crippen LogP contribution in [0.15, 0.2) is 60.8 Å². The Balaban J connectivity index is 1.74. The van der Waals surface area contributed by atoms with Gasteiger partial charge in [0.1, 0.15) is 11.5 Å². The largest absolute Gasteiger partial charge is 0.324 e. The van der Waals surface area contributed by atoms with Crippen molar-refractivity contribution in [2.75, 3.05) is 10.6 Å². The number of para-hydroxylation sites is 1. The molecule has 25 heavy (non-hydrogen) atoms. The maximum absolute atomic E-state index is 13.6. The summed E-state index contributed by atoms with van der Waals surface area (Å²) in [6.07, 6.45) is 2.44. The van der Waals surface area contributed by atoms with Crippen molar-refractivity contribution < 1.29 is 9.18 Å². The van der Waals surface area contributed by atoms with E-state index in [0.717, 1.165) is 12.1 Å². The number of aryl methyl sites for hydroxylation is 1. The molecular formula is C19H17FN4O. The van der Waals surface area contributed by atoms with Crippen LogP contribution in [0.2, 0.25) is 0 Å². The lowest BCUT2D eigenvalue weighted by Crippen LogP contribution is -2.15. The first kappa shape index (κ1) is 16.6. The van der Waals surface area contributed by atoms with Gasteiger partial charge in [0.2, 0.25) is 5.95 Å². The summed E-state index contributed by atoms with van der Waals surface area (Å²) in [6.45, 7) is 2.09. The summed E-state index contributed by atoms with van der Waals surface area (Å²) in [5.41, 5.74) is 2.30. The van der Waals surface area contributed by atoms with Gasteiger partial charge in [-0.05, 0) is 42.3 Å². The maximum Gasteiger partial charge on any atom is 0.274 e. The van der Waals surface area contributed by atoms with Crippen molar-refractivity contribution in [2.24, 2.45) is 0 Å². The number of nitrogens with zero attached hydrogens (tertiary/aromatic N) is 2. The molecule has 0 saturated carbocycles. The fraction of sp³-hybridized carbons (Fsp3) is 0.105. The van der Waals surface area contributed by atoms with E-state index in [2.05, 4.69) is 27.5 Å². The van der Waals surface area contributed by atoms with Crippen molar-refractivity contribution in [1.82, 2.24) is 9.97 Å². The highest BCUT2D eigenvalue weighted by atomic mass is 19.1. The lowest BCUT2D eigenvalue weighted by molar-refractivity contribution is 0.102. The van der Waals surface area contributed by atoms with E-state index in [-0.39, 0.29) is 11.4 Å².